The van der Waals surface area contributed by atoms with E-state index in [1.807, 2.05) is 24.3 Å². The first-order valence-corrected chi connectivity index (χ1v) is 10.9. The van der Waals surface area contributed by atoms with Gasteiger partial charge in [-0.15, -0.1) is 5.10 Å². The van der Waals surface area contributed by atoms with E-state index in [9.17, 15) is 0 Å². The lowest BCUT2D eigenvalue weighted by Crippen LogP contribution is -2.03. The van der Waals surface area contributed by atoms with Crippen LogP contribution in [-0.4, -0.2) is 23.1 Å². The van der Waals surface area contributed by atoms with Crippen LogP contribution in [0.5, 0.6) is 11.5 Å². The Balaban J connectivity index is 1.93. The van der Waals surface area contributed by atoms with Crippen LogP contribution in [0, 0.1) is 0 Å². The van der Waals surface area contributed by atoms with Gasteiger partial charge in [0, 0.05) is 0 Å². The smallest absolute Gasteiger partial charge is 0.429 e. The summed E-state index contributed by atoms with van der Waals surface area (Å²) in [5.74, 6) is 1.37. The number of aliphatic hydroxyl groups excluding tert-OH is 1. The maximum atomic E-state index is 9.03. The van der Waals surface area contributed by atoms with Crippen molar-refractivity contribution in [1.82, 2.24) is 4.78 Å². The number of rotatable bonds is 8. The van der Waals surface area contributed by atoms with Gasteiger partial charge >= 0.3 is 7.07 Å². The zero-order chi connectivity index (χ0) is 17.4. The lowest BCUT2D eigenvalue weighted by atomic mass is 10.2. The van der Waals surface area contributed by atoms with Crippen molar-refractivity contribution in [3.8, 4) is 11.5 Å². The highest BCUT2D eigenvalue weighted by atomic mass is 32.4. The van der Waals surface area contributed by atoms with Crippen LogP contribution in [0.1, 0.15) is 11.1 Å². The molecule has 1 unspecified atom stereocenters. The van der Waals surface area contributed by atoms with Crippen LogP contribution in [0.15, 0.2) is 53.6 Å². The molecule has 2 rings (SSSR count). The van der Waals surface area contributed by atoms with E-state index in [-0.39, 0.29) is 6.61 Å². The Morgan fingerprint density at radius 2 is 1.79 bits per heavy atom. The molecule has 5 nitrogen and oxygen atoms in total. The molecule has 124 valence electrons. The van der Waals surface area contributed by atoms with Crippen LogP contribution in [0.25, 0.3) is 0 Å². The third kappa shape index (κ3) is 5.86. The number of hydrogen-bond donors (Lipinski definition) is 1. The summed E-state index contributed by atoms with van der Waals surface area (Å²) in [7, 11) is 0.893. The van der Waals surface area contributed by atoms with Crippen molar-refractivity contribution in [2.24, 2.45) is 5.10 Å². The van der Waals surface area contributed by atoms with Crippen molar-refractivity contribution in [3.05, 3.63) is 59.7 Å². The first kappa shape index (κ1) is 18.8. The molecule has 1 atom stereocenters. The van der Waals surface area contributed by atoms with E-state index in [1.165, 1.54) is 0 Å². The van der Waals surface area contributed by atoms with E-state index in [2.05, 4.69) is 5.10 Å². The molecule has 2 aromatic carbocycles. The lowest BCUT2D eigenvalue weighted by molar-refractivity contribution is 0.282. The van der Waals surface area contributed by atoms with Gasteiger partial charge in [0.25, 0.3) is 0 Å². The predicted molar refractivity (Wildman–Crippen MR) is 104 cm³/mol. The molecule has 0 amide bonds. The van der Waals surface area contributed by atoms with Gasteiger partial charge in [-0.2, -0.15) is 0 Å². The second-order valence-electron chi connectivity index (χ2n) is 4.60. The highest BCUT2D eigenvalue weighted by molar-refractivity contribution is 8.02. The van der Waals surface area contributed by atoms with Gasteiger partial charge in [-0.1, -0.05) is 16.9 Å². The molecule has 0 aliphatic rings. The molecule has 24 heavy (non-hydrogen) atoms. The number of aliphatic hydroxyl groups is 1. The third-order valence-corrected chi connectivity index (χ3v) is 5.31. The van der Waals surface area contributed by atoms with Crippen LogP contribution < -0.4 is 9.05 Å². The van der Waals surface area contributed by atoms with E-state index in [4.69, 9.17) is 37.8 Å². The molecule has 0 spiro atoms. The Labute approximate surface area is 153 Å². The highest BCUT2D eigenvalue weighted by Gasteiger charge is 2.20. The van der Waals surface area contributed by atoms with Gasteiger partial charge in [-0.3, -0.25) is 4.52 Å². The molecule has 0 aromatic heterocycles. The minimum Gasteiger partial charge on any atom is -0.429 e. The Bertz CT molecular complexity index is 725. The fraction of sp³-hybridized carbons (Fsp3) is 0.133. The van der Waals surface area contributed by atoms with Crippen molar-refractivity contribution in [3.63, 3.8) is 0 Å². The minimum atomic E-state index is -1.32. The average Bonchev–Trinajstić information content (AvgIpc) is 2.61. The largest absolute Gasteiger partial charge is 0.540 e. The molecule has 0 aliphatic carbocycles. The number of hydrogen-bond acceptors (Lipinski definition) is 6. The van der Waals surface area contributed by atoms with Crippen LogP contribution in [0.3, 0.4) is 0 Å². The molecule has 1 N–H and O–H groups in total. The Kier molecular flexibility index (Phi) is 7.63. The van der Waals surface area contributed by atoms with Crippen molar-refractivity contribution in [2.75, 3.05) is 7.05 Å². The molecule has 0 saturated heterocycles. The first-order chi connectivity index (χ1) is 11.6. The van der Waals surface area contributed by atoms with Gasteiger partial charge in [0.1, 0.15) is 5.75 Å². The van der Waals surface area contributed by atoms with Crippen LogP contribution in [0.2, 0.25) is 0 Å². The maximum absolute atomic E-state index is 9.03. The number of benzene rings is 2. The summed E-state index contributed by atoms with van der Waals surface area (Å²) in [6.45, 7) is 0.00292. The van der Waals surface area contributed by atoms with Gasteiger partial charge in [0.2, 0.25) is 19.4 Å². The standard InChI is InChI=1S/C15H15N2O3P2S2/c1-17(16-10-12-2-6-14(7-3-12)19-21-23)22(24)20-15-8-4-13(11-18)5-9-15/h2-10,18H,11H2,1H3/q+1. The van der Waals surface area contributed by atoms with Crippen LogP contribution in [-0.2, 0) is 30.2 Å². The van der Waals surface area contributed by atoms with Crippen molar-refractivity contribution in [1.29, 1.82) is 0 Å². The summed E-state index contributed by atoms with van der Waals surface area (Å²) < 4.78 is 12.5. The molecule has 0 saturated carbocycles. The van der Waals surface area contributed by atoms with Gasteiger partial charge in [-0.25, -0.2) is 0 Å². The predicted octanol–water partition coefficient (Wildman–Crippen LogP) is 4.00. The second kappa shape index (κ2) is 9.72. The van der Waals surface area contributed by atoms with Crippen molar-refractivity contribution < 1.29 is 14.2 Å². The van der Waals surface area contributed by atoms with E-state index in [0.717, 1.165) is 16.9 Å². The first-order valence-electron chi connectivity index (χ1n) is 6.85. The summed E-state index contributed by atoms with van der Waals surface area (Å²) in [6, 6.07) is 14.6. The fourth-order valence-electron chi connectivity index (χ4n) is 1.66. The topological polar surface area (TPSA) is 54.3 Å². The zero-order valence-corrected chi connectivity index (χ0v) is 16.2. The lowest BCUT2D eigenvalue weighted by Gasteiger charge is -2.03. The van der Waals surface area contributed by atoms with Gasteiger partial charge < -0.3 is 9.63 Å². The molecule has 0 fully saturated rings. The fourth-order valence-corrected chi connectivity index (χ4v) is 3.06. The van der Waals surface area contributed by atoms with Gasteiger partial charge in [-0.05, 0) is 59.3 Å². The molecule has 9 heteroatoms. The Morgan fingerprint density at radius 1 is 1.17 bits per heavy atom. The quantitative estimate of drug-likeness (QED) is 0.413. The summed E-state index contributed by atoms with van der Waals surface area (Å²) in [5.41, 5.74) is 1.74. The van der Waals surface area contributed by atoms with Crippen molar-refractivity contribution >= 4 is 44.5 Å². The second-order valence-corrected chi connectivity index (χ2v) is 7.55. The molecular formula is C15H15N2O3P2S2+. The normalized spacial score (nSPS) is 11.5. The number of hydrazone groups is 1. The summed E-state index contributed by atoms with van der Waals surface area (Å²) >= 11 is 10.1. The van der Waals surface area contributed by atoms with Crippen molar-refractivity contribution in [2.45, 2.75) is 6.61 Å². The van der Waals surface area contributed by atoms with E-state index in [1.54, 1.807) is 42.3 Å². The summed E-state index contributed by atoms with van der Waals surface area (Å²) in [5, 5.41) is 13.3. The molecular weight excluding hydrogens is 382 g/mol. The highest BCUT2D eigenvalue weighted by Crippen LogP contribution is 2.30. The minimum absolute atomic E-state index is 0.00292. The summed E-state index contributed by atoms with van der Waals surface area (Å²) in [6.07, 6.45) is 1.70. The molecule has 0 heterocycles. The zero-order valence-electron chi connectivity index (χ0n) is 12.8. The van der Waals surface area contributed by atoms with Gasteiger partial charge in [0.15, 0.2) is 5.75 Å². The van der Waals surface area contributed by atoms with Gasteiger partial charge in [0.05, 0.1) is 19.9 Å². The Hall–Kier alpha value is -1.49. The van der Waals surface area contributed by atoms with Crippen LogP contribution >= 0.6 is 14.7 Å². The van der Waals surface area contributed by atoms with Crippen LogP contribution in [0.4, 0.5) is 0 Å². The monoisotopic (exact) mass is 397 g/mol. The average molecular weight is 397 g/mol. The molecule has 2 aromatic rings. The third-order valence-electron chi connectivity index (χ3n) is 2.92. The Morgan fingerprint density at radius 3 is 2.38 bits per heavy atom. The molecule has 0 radical (unpaired) electrons. The maximum Gasteiger partial charge on any atom is 0.540 e. The van der Waals surface area contributed by atoms with E-state index < -0.39 is 7.07 Å². The van der Waals surface area contributed by atoms with E-state index in [0.29, 0.717) is 13.3 Å². The summed E-state index contributed by atoms with van der Waals surface area (Å²) in [4.78, 5) is 0. The SMILES string of the molecule is CN(N=Cc1ccc(OP=S)cc1)[P+](=S)Oc1ccc(CO)cc1. The number of nitrogens with zero attached hydrogens (tertiary/aromatic N) is 2. The molecule has 0 bridgehead atoms. The van der Waals surface area contributed by atoms with E-state index >= 15 is 0 Å². The molecule has 0 aliphatic heterocycles.